The topological polar surface area (TPSA) is 41.1 Å². The summed E-state index contributed by atoms with van der Waals surface area (Å²) in [6.45, 7) is 4.16. The van der Waals surface area contributed by atoms with Crippen molar-refractivity contribution >= 4 is 5.91 Å². The smallest absolute Gasteiger partial charge is 0.224 e. The zero-order valence-electron chi connectivity index (χ0n) is 11.6. The lowest BCUT2D eigenvalue weighted by molar-refractivity contribution is -0.125. The molecule has 0 aromatic heterocycles. The van der Waals surface area contributed by atoms with Crippen LogP contribution >= 0.6 is 0 Å². The van der Waals surface area contributed by atoms with Crippen LogP contribution in [0.4, 0.5) is 8.78 Å². The minimum atomic E-state index is -0.586. The van der Waals surface area contributed by atoms with Gasteiger partial charge < -0.3 is 10.6 Å². The summed E-state index contributed by atoms with van der Waals surface area (Å²) in [5.41, 5.74) is 0.554. The standard InChI is InChI=1S/C15H20F2N2O/c1-10-4-12(9-18-8-10)15(20)19-3-2-11-5-13(16)7-14(17)6-11/h5-7,10,12,18H,2-4,8-9H2,1H3,(H,19,20). The van der Waals surface area contributed by atoms with E-state index < -0.39 is 11.6 Å². The van der Waals surface area contributed by atoms with Gasteiger partial charge in [-0.1, -0.05) is 6.92 Å². The first-order valence-corrected chi connectivity index (χ1v) is 6.98. The molecule has 0 aliphatic carbocycles. The Morgan fingerprint density at radius 1 is 1.30 bits per heavy atom. The third kappa shape index (κ3) is 4.27. The van der Waals surface area contributed by atoms with Gasteiger partial charge in [0.15, 0.2) is 0 Å². The number of carbonyl (C=O) groups is 1. The highest BCUT2D eigenvalue weighted by molar-refractivity contribution is 5.79. The van der Waals surface area contributed by atoms with Crippen molar-refractivity contribution in [2.75, 3.05) is 19.6 Å². The van der Waals surface area contributed by atoms with Crippen molar-refractivity contribution < 1.29 is 13.6 Å². The van der Waals surface area contributed by atoms with E-state index in [1.165, 1.54) is 12.1 Å². The summed E-state index contributed by atoms with van der Waals surface area (Å²) >= 11 is 0. The highest BCUT2D eigenvalue weighted by Gasteiger charge is 2.24. The summed E-state index contributed by atoms with van der Waals surface area (Å²) in [6.07, 6.45) is 1.31. The monoisotopic (exact) mass is 282 g/mol. The maximum atomic E-state index is 13.0. The van der Waals surface area contributed by atoms with E-state index in [0.717, 1.165) is 19.0 Å². The van der Waals surface area contributed by atoms with Crippen LogP contribution in [-0.4, -0.2) is 25.5 Å². The Balaban J connectivity index is 1.78. The van der Waals surface area contributed by atoms with E-state index in [1.54, 1.807) is 0 Å². The van der Waals surface area contributed by atoms with Crippen LogP contribution in [0, 0.1) is 23.5 Å². The Hall–Kier alpha value is -1.49. The van der Waals surface area contributed by atoms with Gasteiger partial charge in [-0.15, -0.1) is 0 Å². The van der Waals surface area contributed by atoms with Crippen LogP contribution in [0.5, 0.6) is 0 Å². The number of benzene rings is 1. The zero-order chi connectivity index (χ0) is 14.5. The van der Waals surface area contributed by atoms with Crippen molar-refractivity contribution in [3.63, 3.8) is 0 Å². The van der Waals surface area contributed by atoms with Crippen LogP contribution in [-0.2, 0) is 11.2 Å². The minimum absolute atomic E-state index is 0.0111. The van der Waals surface area contributed by atoms with Gasteiger partial charge in [0.2, 0.25) is 5.91 Å². The minimum Gasteiger partial charge on any atom is -0.355 e. The molecule has 1 fully saturated rings. The fraction of sp³-hybridized carbons (Fsp3) is 0.533. The maximum absolute atomic E-state index is 13.0. The fourth-order valence-electron chi connectivity index (χ4n) is 2.59. The molecule has 2 unspecified atom stereocenters. The highest BCUT2D eigenvalue weighted by Crippen LogP contribution is 2.15. The molecule has 1 aromatic rings. The van der Waals surface area contributed by atoms with E-state index >= 15 is 0 Å². The molecule has 0 radical (unpaired) electrons. The number of nitrogens with one attached hydrogen (secondary N) is 2. The molecular formula is C15H20F2N2O. The van der Waals surface area contributed by atoms with E-state index in [9.17, 15) is 13.6 Å². The Morgan fingerprint density at radius 3 is 2.65 bits per heavy atom. The molecule has 1 saturated heterocycles. The quantitative estimate of drug-likeness (QED) is 0.885. The second-order valence-corrected chi connectivity index (χ2v) is 5.51. The molecule has 0 saturated carbocycles. The first-order chi connectivity index (χ1) is 9.54. The predicted octanol–water partition coefficient (Wildman–Crippen LogP) is 1.87. The van der Waals surface area contributed by atoms with Gasteiger partial charge in [-0.3, -0.25) is 4.79 Å². The number of amides is 1. The molecule has 1 amide bonds. The van der Waals surface area contributed by atoms with Crippen LogP contribution < -0.4 is 10.6 Å². The highest BCUT2D eigenvalue weighted by atomic mass is 19.1. The van der Waals surface area contributed by atoms with Gasteiger partial charge in [-0.2, -0.15) is 0 Å². The maximum Gasteiger partial charge on any atom is 0.224 e. The van der Waals surface area contributed by atoms with Crippen molar-refractivity contribution in [3.05, 3.63) is 35.4 Å². The molecule has 5 heteroatoms. The largest absolute Gasteiger partial charge is 0.355 e. The van der Waals surface area contributed by atoms with E-state index in [-0.39, 0.29) is 11.8 Å². The van der Waals surface area contributed by atoms with Crippen molar-refractivity contribution in [1.29, 1.82) is 0 Å². The summed E-state index contributed by atoms with van der Waals surface area (Å²) < 4.78 is 26.0. The van der Waals surface area contributed by atoms with Crippen LogP contribution in [0.25, 0.3) is 0 Å². The summed E-state index contributed by atoms with van der Waals surface area (Å²) in [4.78, 5) is 12.0. The molecule has 20 heavy (non-hydrogen) atoms. The summed E-state index contributed by atoms with van der Waals surface area (Å²) in [5.74, 6) is -0.672. The first kappa shape index (κ1) is 14.9. The third-order valence-corrected chi connectivity index (χ3v) is 3.58. The van der Waals surface area contributed by atoms with E-state index in [0.29, 0.717) is 31.0 Å². The van der Waals surface area contributed by atoms with E-state index in [2.05, 4.69) is 17.6 Å². The molecule has 0 bridgehead atoms. The SMILES string of the molecule is CC1CNCC(C(=O)NCCc2cc(F)cc(F)c2)C1. The number of piperidine rings is 1. The predicted molar refractivity (Wildman–Crippen MR) is 73.2 cm³/mol. The summed E-state index contributed by atoms with van der Waals surface area (Å²) in [5, 5.41) is 6.07. The molecule has 2 N–H and O–H groups in total. The zero-order valence-corrected chi connectivity index (χ0v) is 11.6. The van der Waals surface area contributed by atoms with Gasteiger partial charge in [-0.25, -0.2) is 8.78 Å². The Morgan fingerprint density at radius 2 is 2.00 bits per heavy atom. The normalized spacial score (nSPS) is 22.6. The lowest BCUT2D eigenvalue weighted by Crippen LogP contribution is -2.43. The van der Waals surface area contributed by atoms with Crippen LogP contribution in [0.15, 0.2) is 18.2 Å². The van der Waals surface area contributed by atoms with Crippen LogP contribution in [0.2, 0.25) is 0 Å². The molecule has 1 aliphatic heterocycles. The van der Waals surface area contributed by atoms with Crippen molar-refractivity contribution in [2.24, 2.45) is 11.8 Å². The fourth-order valence-corrected chi connectivity index (χ4v) is 2.59. The molecule has 2 atom stereocenters. The molecule has 0 spiro atoms. The Labute approximate surface area is 117 Å². The number of halogens is 2. The Bertz CT molecular complexity index is 459. The third-order valence-electron chi connectivity index (χ3n) is 3.58. The van der Waals surface area contributed by atoms with Gasteiger partial charge in [0, 0.05) is 19.2 Å². The molecule has 3 nitrogen and oxygen atoms in total. The molecular weight excluding hydrogens is 262 g/mol. The number of carbonyl (C=O) groups excluding carboxylic acids is 1. The van der Waals surface area contributed by atoms with Gasteiger partial charge in [0.1, 0.15) is 11.6 Å². The van der Waals surface area contributed by atoms with Crippen LogP contribution in [0.3, 0.4) is 0 Å². The molecule has 2 rings (SSSR count). The van der Waals surface area contributed by atoms with Gasteiger partial charge >= 0.3 is 0 Å². The lowest BCUT2D eigenvalue weighted by atomic mass is 9.91. The number of hydrogen-bond donors (Lipinski definition) is 2. The lowest BCUT2D eigenvalue weighted by Gasteiger charge is -2.26. The van der Waals surface area contributed by atoms with Crippen molar-refractivity contribution in [2.45, 2.75) is 19.8 Å². The Kier molecular flexibility index (Phi) is 5.06. The molecule has 1 aromatic carbocycles. The average Bonchev–Trinajstić information content (AvgIpc) is 2.37. The molecule has 1 aliphatic rings. The number of hydrogen-bond acceptors (Lipinski definition) is 2. The second-order valence-electron chi connectivity index (χ2n) is 5.51. The van der Waals surface area contributed by atoms with Crippen LogP contribution in [0.1, 0.15) is 18.9 Å². The summed E-state index contributed by atoms with van der Waals surface area (Å²) in [7, 11) is 0. The summed E-state index contributed by atoms with van der Waals surface area (Å²) in [6, 6.07) is 3.43. The van der Waals surface area contributed by atoms with Gasteiger partial charge in [-0.05, 0) is 43.0 Å². The van der Waals surface area contributed by atoms with Crippen molar-refractivity contribution in [3.8, 4) is 0 Å². The van der Waals surface area contributed by atoms with Crippen molar-refractivity contribution in [1.82, 2.24) is 10.6 Å². The van der Waals surface area contributed by atoms with E-state index in [1.807, 2.05) is 0 Å². The van der Waals surface area contributed by atoms with Gasteiger partial charge in [0.05, 0.1) is 5.92 Å². The van der Waals surface area contributed by atoms with E-state index in [4.69, 9.17) is 0 Å². The van der Waals surface area contributed by atoms with Gasteiger partial charge in [0.25, 0.3) is 0 Å². The molecule has 110 valence electrons. The second kappa shape index (κ2) is 6.79. The average molecular weight is 282 g/mol. The number of rotatable bonds is 4. The molecule has 1 heterocycles. The first-order valence-electron chi connectivity index (χ1n) is 6.98.